The number of hydrogen-bond acceptors (Lipinski definition) is 3. The van der Waals surface area contributed by atoms with Crippen molar-refractivity contribution < 1.29 is 9.13 Å². The molecule has 2 rings (SSSR count). The van der Waals surface area contributed by atoms with E-state index in [0.29, 0.717) is 17.8 Å². The van der Waals surface area contributed by atoms with E-state index in [4.69, 9.17) is 15.9 Å². The van der Waals surface area contributed by atoms with Crippen LogP contribution in [0.5, 0.6) is 0 Å². The van der Waals surface area contributed by atoms with Crippen LogP contribution in [0.2, 0.25) is 0 Å². The molecule has 0 amide bonds. The Morgan fingerprint density at radius 1 is 1.55 bits per heavy atom. The molecule has 1 unspecified atom stereocenters. The monoisotopic (exact) mass is 343 g/mol. The van der Waals surface area contributed by atoms with Crippen molar-refractivity contribution in [1.82, 2.24) is 0 Å². The van der Waals surface area contributed by atoms with Crippen LogP contribution in [0.3, 0.4) is 0 Å². The number of halogens is 2. The molecule has 1 aliphatic heterocycles. The third-order valence-electron chi connectivity index (χ3n) is 3.51. The Labute approximate surface area is 126 Å². The van der Waals surface area contributed by atoms with Gasteiger partial charge in [0, 0.05) is 25.8 Å². The van der Waals surface area contributed by atoms with Crippen LogP contribution >= 0.6 is 15.9 Å². The summed E-state index contributed by atoms with van der Waals surface area (Å²) in [6.45, 7) is 1.44. The molecule has 4 nitrogen and oxygen atoms in total. The van der Waals surface area contributed by atoms with Crippen molar-refractivity contribution in [1.29, 1.82) is 5.41 Å². The van der Waals surface area contributed by atoms with Crippen molar-refractivity contribution in [2.75, 3.05) is 25.1 Å². The van der Waals surface area contributed by atoms with Crippen LogP contribution in [-0.4, -0.2) is 32.1 Å². The summed E-state index contributed by atoms with van der Waals surface area (Å²) in [7, 11) is 1.84. The number of anilines is 1. The first-order valence-corrected chi connectivity index (χ1v) is 7.45. The smallest absolute Gasteiger partial charge is 0.161 e. The number of nitrogens with two attached hydrogens (primary N) is 1. The number of benzene rings is 1. The first-order valence-electron chi connectivity index (χ1n) is 6.66. The minimum Gasteiger partial charge on any atom is -0.384 e. The predicted octanol–water partition coefficient (Wildman–Crippen LogP) is 2.88. The van der Waals surface area contributed by atoms with Crippen LogP contribution < -0.4 is 10.6 Å². The van der Waals surface area contributed by atoms with E-state index in [9.17, 15) is 4.39 Å². The van der Waals surface area contributed by atoms with Gasteiger partial charge < -0.3 is 15.4 Å². The zero-order valence-electron chi connectivity index (χ0n) is 11.5. The molecule has 3 N–H and O–H groups in total. The Hall–Kier alpha value is -1.14. The van der Waals surface area contributed by atoms with E-state index < -0.39 is 5.82 Å². The van der Waals surface area contributed by atoms with Gasteiger partial charge in [0.05, 0.1) is 16.3 Å². The van der Waals surface area contributed by atoms with E-state index in [1.165, 1.54) is 0 Å². The van der Waals surface area contributed by atoms with Crippen molar-refractivity contribution in [2.45, 2.75) is 25.4 Å². The zero-order valence-corrected chi connectivity index (χ0v) is 13.0. The van der Waals surface area contributed by atoms with E-state index in [-0.39, 0.29) is 16.4 Å². The second-order valence-electron chi connectivity index (χ2n) is 5.04. The quantitative estimate of drug-likeness (QED) is 0.652. The highest BCUT2D eigenvalue weighted by Crippen LogP contribution is 2.29. The minimum absolute atomic E-state index is 0.152. The lowest BCUT2D eigenvalue weighted by molar-refractivity contribution is 0.0215. The van der Waals surface area contributed by atoms with E-state index in [2.05, 4.69) is 15.9 Å². The molecule has 1 aromatic carbocycles. The molecule has 0 saturated carbocycles. The van der Waals surface area contributed by atoms with Gasteiger partial charge >= 0.3 is 0 Å². The molecular weight excluding hydrogens is 325 g/mol. The van der Waals surface area contributed by atoms with Crippen LogP contribution in [-0.2, 0) is 4.74 Å². The normalized spacial score (nSPS) is 18.9. The summed E-state index contributed by atoms with van der Waals surface area (Å²) >= 11 is 3.17. The van der Waals surface area contributed by atoms with Crippen molar-refractivity contribution in [2.24, 2.45) is 5.73 Å². The highest BCUT2D eigenvalue weighted by Gasteiger charge is 2.20. The van der Waals surface area contributed by atoms with Crippen LogP contribution in [0.25, 0.3) is 0 Å². The van der Waals surface area contributed by atoms with Gasteiger partial charge in [0.15, 0.2) is 5.82 Å². The Balaban J connectivity index is 2.15. The molecule has 1 aliphatic rings. The average Bonchev–Trinajstić information content (AvgIpc) is 2.42. The molecule has 20 heavy (non-hydrogen) atoms. The van der Waals surface area contributed by atoms with Gasteiger partial charge in [-0.25, -0.2) is 4.39 Å². The Morgan fingerprint density at radius 2 is 2.30 bits per heavy atom. The lowest BCUT2D eigenvalue weighted by atomic mass is 10.1. The summed E-state index contributed by atoms with van der Waals surface area (Å²) in [5.74, 6) is -0.545. The number of likely N-dealkylation sites (N-methyl/N-ethyl adjacent to an activating group) is 1. The lowest BCUT2D eigenvalue weighted by Gasteiger charge is -2.29. The van der Waals surface area contributed by atoms with Gasteiger partial charge in [-0.15, -0.1) is 0 Å². The van der Waals surface area contributed by atoms with E-state index in [1.807, 2.05) is 11.9 Å². The fourth-order valence-electron chi connectivity index (χ4n) is 2.40. The summed E-state index contributed by atoms with van der Waals surface area (Å²) in [5, 5.41) is 7.40. The highest BCUT2D eigenvalue weighted by molar-refractivity contribution is 9.10. The predicted molar refractivity (Wildman–Crippen MR) is 82.0 cm³/mol. The molecule has 1 atom stereocenters. The third-order valence-corrected chi connectivity index (χ3v) is 4.29. The number of nitrogen functional groups attached to an aromatic ring is 1. The fourth-order valence-corrected chi connectivity index (χ4v) is 2.95. The number of rotatable bonds is 4. The second kappa shape index (κ2) is 6.54. The van der Waals surface area contributed by atoms with Crippen LogP contribution in [0, 0.1) is 11.2 Å². The van der Waals surface area contributed by atoms with Gasteiger partial charge in [-0.05, 0) is 47.3 Å². The number of amidine groups is 1. The maximum Gasteiger partial charge on any atom is 0.161 e. The lowest BCUT2D eigenvalue weighted by Crippen LogP contribution is -2.33. The first kappa shape index (κ1) is 15.3. The Morgan fingerprint density at radius 3 is 2.90 bits per heavy atom. The topological polar surface area (TPSA) is 62.3 Å². The third kappa shape index (κ3) is 3.30. The molecule has 0 radical (unpaired) electrons. The molecule has 1 saturated heterocycles. The molecule has 110 valence electrons. The standard InChI is InChI=1S/C14H19BrFN3O/c1-19(8-9-4-2-3-7-20-9)11-6-5-10(14(17)18)12(15)13(11)16/h5-6,9H,2-4,7-8H2,1H3,(H3,17,18). The number of ether oxygens (including phenoxy) is 1. The minimum atomic E-state index is -0.393. The van der Waals surface area contributed by atoms with E-state index >= 15 is 0 Å². The maximum atomic E-state index is 14.3. The molecular formula is C14H19BrFN3O. The summed E-state index contributed by atoms with van der Waals surface area (Å²) in [6.07, 6.45) is 3.43. The zero-order chi connectivity index (χ0) is 14.7. The van der Waals surface area contributed by atoms with Gasteiger partial charge in [-0.2, -0.15) is 0 Å². The van der Waals surface area contributed by atoms with Gasteiger partial charge in [-0.1, -0.05) is 0 Å². The van der Waals surface area contributed by atoms with Crippen molar-refractivity contribution in [3.8, 4) is 0 Å². The maximum absolute atomic E-state index is 14.3. The second-order valence-corrected chi connectivity index (χ2v) is 5.84. The summed E-state index contributed by atoms with van der Waals surface area (Å²) in [4.78, 5) is 1.85. The fraction of sp³-hybridized carbons (Fsp3) is 0.500. The number of nitrogens with zero attached hydrogens (tertiary/aromatic N) is 1. The van der Waals surface area contributed by atoms with Crippen molar-refractivity contribution in [3.63, 3.8) is 0 Å². The molecule has 1 heterocycles. The molecule has 0 aromatic heterocycles. The average molecular weight is 344 g/mol. The molecule has 6 heteroatoms. The Bertz CT molecular complexity index is 503. The van der Waals surface area contributed by atoms with E-state index in [0.717, 1.165) is 25.9 Å². The van der Waals surface area contributed by atoms with Gasteiger partial charge in [0.25, 0.3) is 0 Å². The van der Waals surface area contributed by atoms with Crippen LogP contribution in [0.4, 0.5) is 10.1 Å². The largest absolute Gasteiger partial charge is 0.384 e. The molecule has 0 spiro atoms. The van der Waals surface area contributed by atoms with Crippen molar-refractivity contribution in [3.05, 3.63) is 28.0 Å². The molecule has 1 aromatic rings. The SMILES string of the molecule is CN(CC1CCCCO1)c1ccc(C(=N)N)c(Br)c1F. The summed E-state index contributed by atoms with van der Waals surface area (Å²) in [6, 6.07) is 3.31. The Kier molecular flexibility index (Phi) is 4.99. The molecule has 0 bridgehead atoms. The van der Waals surface area contributed by atoms with Crippen LogP contribution in [0.15, 0.2) is 16.6 Å². The first-order chi connectivity index (χ1) is 9.50. The molecule has 1 fully saturated rings. The van der Waals surface area contributed by atoms with E-state index in [1.54, 1.807) is 12.1 Å². The van der Waals surface area contributed by atoms with Gasteiger partial charge in [-0.3, -0.25) is 5.41 Å². The van der Waals surface area contributed by atoms with Gasteiger partial charge in [0.1, 0.15) is 5.84 Å². The summed E-state index contributed by atoms with van der Waals surface area (Å²) in [5.41, 5.74) is 6.26. The van der Waals surface area contributed by atoms with Crippen LogP contribution in [0.1, 0.15) is 24.8 Å². The highest BCUT2D eigenvalue weighted by atomic mass is 79.9. The van der Waals surface area contributed by atoms with Crippen molar-refractivity contribution >= 4 is 27.5 Å². The van der Waals surface area contributed by atoms with Gasteiger partial charge in [0.2, 0.25) is 0 Å². The number of nitrogens with one attached hydrogen (secondary N) is 1. The molecule has 0 aliphatic carbocycles. The number of hydrogen-bond donors (Lipinski definition) is 2. The summed E-state index contributed by atoms with van der Waals surface area (Å²) < 4.78 is 20.3.